The van der Waals surface area contributed by atoms with Gasteiger partial charge in [-0.1, -0.05) is 6.92 Å². The number of benzene rings is 1. The van der Waals surface area contributed by atoms with Gasteiger partial charge >= 0.3 is 0 Å². The summed E-state index contributed by atoms with van der Waals surface area (Å²) < 4.78 is 29.6. The van der Waals surface area contributed by atoms with Gasteiger partial charge in [-0.05, 0) is 64.3 Å². The van der Waals surface area contributed by atoms with Gasteiger partial charge in [0.15, 0.2) is 0 Å². The number of aryl methyl sites for hydroxylation is 2. The van der Waals surface area contributed by atoms with Crippen molar-refractivity contribution in [1.82, 2.24) is 24.1 Å². The Hall–Kier alpha value is -1.97. The number of rotatable bonds is 11. The van der Waals surface area contributed by atoms with Gasteiger partial charge in [-0.2, -0.15) is 4.31 Å². The fourth-order valence-electron chi connectivity index (χ4n) is 4.62. The first kappa shape index (κ1) is 24.2. The highest BCUT2D eigenvalue weighted by molar-refractivity contribution is 7.89. The number of nitrogens with zero attached hydrogens (tertiary/aromatic N) is 4. The van der Waals surface area contributed by atoms with E-state index in [1.54, 1.807) is 16.4 Å². The molecule has 1 amide bonds. The maximum absolute atomic E-state index is 13.0. The summed E-state index contributed by atoms with van der Waals surface area (Å²) in [6, 6.07) is 6.23. The minimum absolute atomic E-state index is 0.0263. The predicted octanol–water partition coefficient (Wildman–Crippen LogP) is 2.76. The smallest absolute Gasteiger partial charge is 0.243 e. The third kappa shape index (κ3) is 5.41. The third-order valence-corrected chi connectivity index (χ3v) is 8.83. The highest BCUT2D eigenvalue weighted by Crippen LogP contribution is 2.27. The Morgan fingerprint density at radius 1 is 1.27 bits per heavy atom. The molecule has 1 N–H and O–H groups in total. The van der Waals surface area contributed by atoms with Crippen molar-refractivity contribution < 1.29 is 13.2 Å². The Balaban J connectivity index is 1.45. The van der Waals surface area contributed by atoms with Crippen LogP contribution in [0, 0.1) is 0 Å². The normalized spacial score (nSPS) is 18.3. The summed E-state index contributed by atoms with van der Waals surface area (Å²) in [4.78, 5) is 19.9. The molecule has 0 bridgehead atoms. The van der Waals surface area contributed by atoms with Gasteiger partial charge in [0.1, 0.15) is 5.82 Å². The summed E-state index contributed by atoms with van der Waals surface area (Å²) in [7, 11) is -1.36. The van der Waals surface area contributed by atoms with Gasteiger partial charge in [0, 0.05) is 51.1 Å². The van der Waals surface area contributed by atoms with Gasteiger partial charge in [0.05, 0.1) is 15.9 Å². The Bertz CT molecular complexity index is 1090. The van der Waals surface area contributed by atoms with Crippen molar-refractivity contribution in [1.29, 1.82) is 0 Å². The minimum Gasteiger partial charge on any atom is -0.355 e. The third-order valence-electron chi connectivity index (χ3n) is 6.94. The van der Waals surface area contributed by atoms with E-state index >= 15 is 0 Å². The molecule has 1 aliphatic carbocycles. The first-order chi connectivity index (χ1) is 15.8. The van der Waals surface area contributed by atoms with E-state index in [2.05, 4.69) is 35.7 Å². The summed E-state index contributed by atoms with van der Waals surface area (Å²) in [5.74, 6) is 0.860. The van der Waals surface area contributed by atoms with Crippen LogP contribution in [0.2, 0.25) is 0 Å². The molecular weight excluding hydrogens is 438 g/mol. The maximum atomic E-state index is 13.0. The standard InChI is InChI=1S/C24H37N5O3S/c1-4-13-29-22-10-9-20(33(31,32)28-14-5-6-15-28)16-21(22)26-23(29)11-12-24(30)25-17-18(2)27(3)19-7-8-19/h9-10,16,18-19H,4-8,11-15,17H2,1-3H3,(H,25,30). The summed E-state index contributed by atoms with van der Waals surface area (Å²) in [5.41, 5.74) is 1.60. The van der Waals surface area contributed by atoms with E-state index < -0.39 is 10.0 Å². The molecule has 182 valence electrons. The molecule has 2 aromatic rings. The molecule has 1 atom stereocenters. The van der Waals surface area contributed by atoms with Crippen LogP contribution in [0.4, 0.5) is 0 Å². The zero-order valence-corrected chi connectivity index (χ0v) is 20.9. The second-order valence-corrected chi connectivity index (χ2v) is 11.4. The number of hydrogen-bond donors (Lipinski definition) is 1. The highest BCUT2D eigenvalue weighted by Gasteiger charge is 2.29. The van der Waals surface area contributed by atoms with Crippen LogP contribution in [0.1, 0.15) is 58.2 Å². The Kier molecular flexibility index (Phi) is 7.40. The van der Waals surface area contributed by atoms with E-state index in [1.165, 1.54) is 12.8 Å². The lowest BCUT2D eigenvalue weighted by Crippen LogP contribution is -2.41. The molecule has 9 heteroatoms. The molecule has 33 heavy (non-hydrogen) atoms. The van der Waals surface area contributed by atoms with Gasteiger partial charge < -0.3 is 9.88 Å². The van der Waals surface area contributed by atoms with Crippen LogP contribution in [0.3, 0.4) is 0 Å². The van der Waals surface area contributed by atoms with Crippen LogP contribution >= 0.6 is 0 Å². The predicted molar refractivity (Wildman–Crippen MR) is 130 cm³/mol. The molecule has 1 aromatic heterocycles. The largest absolute Gasteiger partial charge is 0.355 e. The zero-order valence-electron chi connectivity index (χ0n) is 20.1. The first-order valence-electron chi connectivity index (χ1n) is 12.3. The molecule has 0 radical (unpaired) electrons. The van der Waals surface area contributed by atoms with Crippen LogP contribution in [0.15, 0.2) is 23.1 Å². The summed E-state index contributed by atoms with van der Waals surface area (Å²) in [6.07, 6.45) is 6.16. The molecule has 2 aliphatic rings. The Labute approximate surface area is 197 Å². The molecule has 2 fully saturated rings. The van der Waals surface area contributed by atoms with Gasteiger partial charge in [-0.3, -0.25) is 9.69 Å². The van der Waals surface area contributed by atoms with Crippen LogP contribution in [-0.2, 0) is 27.8 Å². The van der Waals surface area contributed by atoms with Gasteiger partial charge in [-0.15, -0.1) is 0 Å². The van der Waals surface area contributed by atoms with E-state index in [4.69, 9.17) is 4.98 Å². The van der Waals surface area contributed by atoms with Crippen molar-refractivity contribution in [2.75, 3.05) is 26.7 Å². The SMILES string of the molecule is CCCn1c(CCC(=O)NCC(C)N(C)C2CC2)nc2cc(S(=O)(=O)N3CCCC3)ccc21. The van der Waals surface area contributed by atoms with E-state index in [0.29, 0.717) is 55.0 Å². The number of nitrogens with one attached hydrogen (secondary N) is 1. The molecule has 2 heterocycles. The van der Waals surface area contributed by atoms with Crippen molar-refractivity contribution in [3.8, 4) is 0 Å². The molecule has 1 saturated heterocycles. The lowest BCUT2D eigenvalue weighted by atomic mass is 10.2. The number of sulfonamides is 1. The molecular formula is C24H37N5O3S. The average molecular weight is 476 g/mol. The quantitative estimate of drug-likeness (QED) is 0.540. The van der Waals surface area contributed by atoms with Crippen molar-refractivity contribution in [2.24, 2.45) is 0 Å². The number of fused-ring (bicyclic) bond motifs is 1. The van der Waals surface area contributed by atoms with Crippen LogP contribution in [-0.4, -0.2) is 71.8 Å². The van der Waals surface area contributed by atoms with Gasteiger partial charge in [-0.25, -0.2) is 13.4 Å². The summed E-state index contributed by atoms with van der Waals surface area (Å²) in [5, 5.41) is 3.06. The van der Waals surface area contributed by atoms with Crippen LogP contribution < -0.4 is 5.32 Å². The number of hydrogen-bond acceptors (Lipinski definition) is 5. The fourth-order valence-corrected chi connectivity index (χ4v) is 6.16. The summed E-state index contributed by atoms with van der Waals surface area (Å²) >= 11 is 0. The molecule has 1 unspecified atom stereocenters. The Morgan fingerprint density at radius 2 is 2.00 bits per heavy atom. The molecule has 1 aromatic carbocycles. The van der Waals surface area contributed by atoms with E-state index in [9.17, 15) is 13.2 Å². The number of carbonyl (C=O) groups excluding carboxylic acids is 1. The highest BCUT2D eigenvalue weighted by atomic mass is 32.2. The number of likely N-dealkylation sites (N-methyl/N-ethyl adjacent to an activating group) is 1. The topological polar surface area (TPSA) is 87.5 Å². The minimum atomic E-state index is -3.48. The number of amides is 1. The zero-order chi connectivity index (χ0) is 23.6. The van der Waals surface area contributed by atoms with Gasteiger partial charge in [0.2, 0.25) is 15.9 Å². The van der Waals surface area contributed by atoms with Crippen molar-refractivity contribution >= 4 is 27.0 Å². The lowest BCUT2D eigenvalue weighted by molar-refractivity contribution is -0.121. The molecule has 0 spiro atoms. The van der Waals surface area contributed by atoms with Crippen molar-refractivity contribution in [2.45, 2.75) is 82.3 Å². The monoisotopic (exact) mass is 475 g/mol. The number of aromatic nitrogens is 2. The molecule has 1 aliphatic heterocycles. The van der Waals surface area contributed by atoms with Gasteiger partial charge in [0.25, 0.3) is 0 Å². The van der Waals surface area contributed by atoms with Crippen LogP contribution in [0.25, 0.3) is 11.0 Å². The average Bonchev–Trinajstić information content (AvgIpc) is 3.37. The van der Waals surface area contributed by atoms with E-state index in [1.807, 2.05) is 6.07 Å². The number of carbonyl (C=O) groups is 1. The van der Waals surface area contributed by atoms with Crippen molar-refractivity contribution in [3.63, 3.8) is 0 Å². The van der Waals surface area contributed by atoms with E-state index in [0.717, 1.165) is 37.1 Å². The van der Waals surface area contributed by atoms with Crippen LogP contribution in [0.5, 0.6) is 0 Å². The number of imidazole rings is 1. The first-order valence-corrected chi connectivity index (χ1v) is 13.7. The molecule has 1 saturated carbocycles. The summed E-state index contributed by atoms with van der Waals surface area (Å²) in [6.45, 7) is 6.85. The molecule has 4 rings (SSSR count). The van der Waals surface area contributed by atoms with Crippen molar-refractivity contribution in [3.05, 3.63) is 24.0 Å². The lowest BCUT2D eigenvalue weighted by Gasteiger charge is -2.24. The fraction of sp³-hybridized carbons (Fsp3) is 0.667. The maximum Gasteiger partial charge on any atom is 0.243 e. The molecule has 8 nitrogen and oxygen atoms in total. The van der Waals surface area contributed by atoms with E-state index in [-0.39, 0.29) is 5.91 Å². The second kappa shape index (κ2) is 10.1. The second-order valence-electron chi connectivity index (χ2n) is 9.49. The Morgan fingerprint density at radius 3 is 2.67 bits per heavy atom.